The van der Waals surface area contributed by atoms with Gasteiger partial charge >= 0.3 is 0 Å². The van der Waals surface area contributed by atoms with Gasteiger partial charge in [0.1, 0.15) is 22.8 Å². The summed E-state index contributed by atoms with van der Waals surface area (Å²) in [7, 11) is 5.41. The summed E-state index contributed by atoms with van der Waals surface area (Å²) in [5.74, 6) is 0.129. The van der Waals surface area contributed by atoms with Crippen LogP contribution in [0.3, 0.4) is 0 Å². The minimum atomic E-state index is -0.979. The van der Waals surface area contributed by atoms with Crippen LogP contribution in [0, 0.1) is 17.8 Å². The lowest BCUT2D eigenvalue weighted by Gasteiger charge is -2.39. The molecule has 8 atom stereocenters. The van der Waals surface area contributed by atoms with Crippen LogP contribution in [0.15, 0.2) is 42.0 Å². The number of aliphatic hydroxyl groups is 1. The topological polar surface area (TPSA) is 124 Å². The summed E-state index contributed by atoms with van der Waals surface area (Å²) >= 11 is 1.25. The molecule has 8 unspecified atom stereocenters. The molecule has 0 saturated carbocycles. The van der Waals surface area contributed by atoms with Gasteiger partial charge in [-0.2, -0.15) is 0 Å². The largest absolute Gasteiger partial charge is 0.501 e. The lowest BCUT2D eigenvalue weighted by molar-refractivity contribution is -0.142. The van der Waals surface area contributed by atoms with E-state index in [0.717, 1.165) is 24.8 Å². The van der Waals surface area contributed by atoms with Crippen molar-refractivity contribution in [2.75, 3.05) is 27.7 Å². The first kappa shape index (κ1) is 42.1. The van der Waals surface area contributed by atoms with Gasteiger partial charge in [-0.1, -0.05) is 92.2 Å². The van der Waals surface area contributed by atoms with E-state index in [1.807, 2.05) is 70.6 Å². The van der Waals surface area contributed by atoms with Crippen LogP contribution < -0.4 is 10.6 Å². The molecule has 3 amide bonds. The van der Waals surface area contributed by atoms with Gasteiger partial charge in [0.25, 0.3) is 5.91 Å². The first-order chi connectivity index (χ1) is 24.2. The number of fused-ring (bicyclic) bond motifs is 1. The maximum Gasteiger partial charge on any atom is 0.270 e. The van der Waals surface area contributed by atoms with Gasteiger partial charge in [0, 0.05) is 36.3 Å². The second kappa shape index (κ2) is 19.5. The van der Waals surface area contributed by atoms with Crippen molar-refractivity contribution in [3.63, 3.8) is 0 Å². The van der Waals surface area contributed by atoms with Gasteiger partial charge in [0.15, 0.2) is 0 Å². The van der Waals surface area contributed by atoms with Crippen molar-refractivity contribution in [1.29, 1.82) is 0 Å². The van der Waals surface area contributed by atoms with E-state index in [1.54, 1.807) is 12.5 Å². The number of aliphatic hydroxyl groups excluding tert-OH is 1. The summed E-state index contributed by atoms with van der Waals surface area (Å²) < 4.78 is 5.50. The zero-order valence-corrected chi connectivity index (χ0v) is 33.4. The predicted molar refractivity (Wildman–Crippen MR) is 206 cm³/mol. The molecule has 1 heterocycles. The van der Waals surface area contributed by atoms with Crippen molar-refractivity contribution < 1.29 is 24.2 Å². The number of carbonyl (C=O) groups is 3. The number of amides is 3. The van der Waals surface area contributed by atoms with Crippen molar-refractivity contribution in [2.45, 2.75) is 123 Å². The van der Waals surface area contributed by atoms with Crippen LogP contribution in [-0.2, 0) is 20.7 Å². The molecular weight excluding hydrogens is 663 g/mol. The molecule has 0 saturated heterocycles. The number of benzene rings is 1. The summed E-state index contributed by atoms with van der Waals surface area (Å²) in [6, 6.07) is 6.68. The van der Waals surface area contributed by atoms with Crippen molar-refractivity contribution >= 4 is 29.1 Å². The van der Waals surface area contributed by atoms with Crippen LogP contribution in [0.4, 0.5) is 0 Å². The fourth-order valence-electron chi connectivity index (χ4n) is 7.28. The molecule has 0 aliphatic heterocycles. The predicted octanol–water partition coefficient (Wildman–Crippen LogP) is 6.33. The zero-order chi connectivity index (χ0) is 38.0. The Labute approximate surface area is 310 Å². The van der Waals surface area contributed by atoms with E-state index in [0.29, 0.717) is 30.2 Å². The minimum Gasteiger partial charge on any atom is -0.501 e. The molecule has 0 bridgehead atoms. The van der Waals surface area contributed by atoms with Gasteiger partial charge in [0.05, 0.1) is 18.9 Å². The highest BCUT2D eigenvalue weighted by atomic mass is 32.1. The molecule has 0 spiro atoms. The SMILES string of the molecule is C=C(OC)C1CC(NC(=O)c2csc(C(O)CC(C(C)C)N(CCC)C(=O)C(NC(=O)C(C(C)CC)N(C)C)C(C)CC)n2)Cc2ccccc21. The molecule has 0 fully saturated rings. The molecule has 1 aliphatic rings. The van der Waals surface area contributed by atoms with Crippen LogP contribution in [0.2, 0.25) is 0 Å². The van der Waals surface area contributed by atoms with Crippen LogP contribution in [0.25, 0.3) is 0 Å². The number of hydrogen-bond acceptors (Lipinski definition) is 8. The highest BCUT2D eigenvalue weighted by Gasteiger charge is 2.38. The van der Waals surface area contributed by atoms with Crippen molar-refractivity contribution in [1.82, 2.24) is 25.4 Å². The molecule has 0 radical (unpaired) electrons. The third-order valence-electron chi connectivity index (χ3n) is 10.6. The molecule has 284 valence electrons. The Hall–Kier alpha value is -3.28. The monoisotopic (exact) mass is 725 g/mol. The summed E-state index contributed by atoms with van der Waals surface area (Å²) in [5.41, 5.74) is 2.58. The van der Waals surface area contributed by atoms with Gasteiger partial charge in [-0.25, -0.2) is 4.98 Å². The first-order valence-electron chi connectivity index (χ1n) is 18.7. The van der Waals surface area contributed by atoms with Crippen molar-refractivity contribution in [3.8, 4) is 0 Å². The highest BCUT2D eigenvalue weighted by molar-refractivity contribution is 7.09. The molecule has 3 rings (SSSR count). The van der Waals surface area contributed by atoms with Gasteiger partial charge < -0.3 is 25.4 Å². The van der Waals surface area contributed by atoms with Crippen LogP contribution in [-0.4, -0.2) is 89.5 Å². The van der Waals surface area contributed by atoms with Crippen molar-refractivity contribution in [2.24, 2.45) is 17.8 Å². The number of likely N-dealkylation sites (N-methyl/N-ethyl adjacent to an activating group) is 1. The number of hydrogen-bond donors (Lipinski definition) is 3. The Bertz CT molecular complexity index is 1460. The average molecular weight is 726 g/mol. The Morgan fingerprint density at radius 1 is 1.08 bits per heavy atom. The number of nitrogens with zero attached hydrogens (tertiary/aromatic N) is 3. The maximum absolute atomic E-state index is 14.4. The summed E-state index contributed by atoms with van der Waals surface area (Å²) in [6.45, 7) is 18.9. The third-order valence-corrected chi connectivity index (χ3v) is 11.6. The Morgan fingerprint density at radius 2 is 1.75 bits per heavy atom. The van der Waals surface area contributed by atoms with Gasteiger partial charge in [-0.05, 0) is 62.2 Å². The van der Waals surface area contributed by atoms with E-state index in [2.05, 4.69) is 48.2 Å². The molecule has 2 aromatic rings. The summed E-state index contributed by atoms with van der Waals surface area (Å²) in [6.07, 6.45) is 2.93. The van der Waals surface area contributed by atoms with E-state index >= 15 is 0 Å². The molecule has 51 heavy (non-hydrogen) atoms. The first-order valence-corrected chi connectivity index (χ1v) is 19.6. The third kappa shape index (κ3) is 10.6. The maximum atomic E-state index is 14.4. The Balaban J connectivity index is 1.78. The fraction of sp³-hybridized carbons (Fsp3) is 0.650. The van der Waals surface area contributed by atoms with E-state index < -0.39 is 12.1 Å². The quantitative estimate of drug-likeness (QED) is 0.145. The fourth-order valence-corrected chi connectivity index (χ4v) is 8.07. The number of rotatable bonds is 19. The molecule has 1 aliphatic carbocycles. The molecule has 1 aromatic heterocycles. The number of carbonyl (C=O) groups excluding carboxylic acids is 3. The average Bonchev–Trinajstić information content (AvgIpc) is 3.61. The highest BCUT2D eigenvalue weighted by Crippen LogP contribution is 2.37. The normalized spacial score (nSPS) is 19.3. The van der Waals surface area contributed by atoms with Crippen LogP contribution >= 0.6 is 11.3 Å². The number of allylic oxidation sites excluding steroid dienone is 1. The second-order valence-electron chi connectivity index (χ2n) is 14.9. The number of nitrogens with one attached hydrogen (secondary N) is 2. The smallest absolute Gasteiger partial charge is 0.270 e. The molecule has 3 N–H and O–H groups in total. The molecule has 10 nitrogen and oxygen atoms in total. The van der Waals surface area contributed by atoms with E-state index in [-0.39, 0.29) is 71.6 Å². The van der Waals surface area contributed by atoms with Gasteiger partial charge in [-0.15, -0.1) is 11.3 Å². The number of methoxy groups -OCH3 is 1. The molecule has 11 heteroatoms. The second-order valence-corrected chi connectivity index (χ2v) is 15.8. The lowest BCUT2D eigenvalue weighted by Crippen LogP contribution is -2.59. The van der Waals surface area contributed by atoms with Gasteiger partial charge in [0.2, 0.25) is 11.8 Å². The Morgan fingerprint density at radius 3 is 2.33 bits per heavy atom. The molecular formula is C40H63N5O5S. The molecule has 1 aromatic carbocycles. The van der Waals surface area contributed by atoms with Crippen LogP contribution in [0.5, 0.6) is 0 Å². The summed E-state index contributed by atoms with van der Waals surface area (Å²) in [5, 5.41) is 19.9. The number of aromatic nitrogens is 1. The van der Waals surface area contributed by atoms with E-state index in [4.69, 9.17) is 4.74 Å². The summed E-state index contributed by atoms with van der Waals surface area (Å²) in [4.78, 5) is 49.9. The van der Waals surface area contributed by atoms with E-state index in [9.17, 15) is 19.5 Å². The standard InChI is InChI=1S/C40H63N5O5S/c1-12-19-45(40(49)35(25(6)13-2)43-38(48)36(44(9)10)26(7)14-3)33(24(4)5)22-34(46)39-42-32(23-51-39)37(47)41-29-20-28-17-15-16-18-30(28)31(21-29)27(8)50-11/h15-18,23-26,29,31,33-36,46H,8,12-14,19-22H2,1-7,9-11H3,(H,41,47)(H,43,48). The number of thiazole rings is 1. The van der Waals surface area contributed by atoms with Crippen molar-refractivity contribution in [3.05, 3.63) is 63.8 Å². The van der Waals surface area contributed by atoms with Gasteiger partial charge in [-0.3, -0.25) is 19.3 Å². The van der Waals surface area contributed by atoms with E-state index in [1.165, 1.54) is 16.9 Å². The van der Waals surface area contributed by atoms with Crippen LogP contribution in [0.1, 0.15) is 119 Å². The number of ether oxygens (including phenoxy) is 1. The minimum absolute atomic E-state index is 0.0183. The Kier molecular flexibility index (Phi) is 16.1. The lowest BCUT2D eigenvalue weighted by atomic mass is 9.79. The zero-order valence-electron chi connectivity index (χ0n) is 32.6.